The smallest absolute Gasteiger partial charge is 0.241 e. The predicted molar refractivity (Wildman–Crippen MR) is 75.7 cm³/mol. The molecule has 3 N–H and O–H groups in total. The van der Waals surface area contributed by atoms with Crippen LogP contribution in [0, 0.1) is 0 Å². The van der Waals surface area contributed by atoms with Gasteiger partial charge in [-0.1, -0.05) is 24.9 Å². The number of aromatic nitrogens is 4. The van der Waals surface area contributed by atoms with Crippen LogP contribution in [0.15, 0.2) is 24.5 Å². The molecular formula is C12H15ClN6O. The predicted octanol–water partition coefficient (Wildman–Crippen LogP) is 1.38. The average Bonchev–Trinajstić information content (AvgIpc) is 2.95. The van der Waals surface area contributed by atoms with Gasteiger partial charge in [0, 0.05) is 0 Å². The summed E-state index contributed by atoms with van der Waals surface area (Å²) in [4.78, 5) is 11.9. The van der Waals surface area contributed by atoms with Crippen molar-refractivity contribution in [1.82, 2.24) is 20.2 Å². The van der Waals surface area contributed by atoms with Gasteiger partial charge in [0.2, 0.25) is 5.91 Å². The van der Waals surface area contributed by atoms with E-state index in [9.17, 15) is 4.79 Å². The fraction of sp³-hybridized carbons (Fsp3) is 0.333. The Morgan fingerprint density at radius 3 is 3.00 bits per heavy atom. The fourth-order valence-corrected chi connectivity index (χ4v) is 1.86. The number of nitrogens with two attached hydrogens (primary N) is 1. The van der Waals surface area contributed by atoms with Gasteiger partial charge in [-0.2, -0.15) is 0 Å². The van der Waals surface area contributed by atoms with Crippen LogP contribution in [0.25, 0.3) is 5.69 Å². The molecule has 0 saturated carbocycles. The molecule has 0 spiro atoms. The molecule has 0 unspecified atom stereocenters. The molecule has 1 aromatic heterocycles. The van der Waals surface area contributed by atoms with E-state index >= 15 is 0 Å². The molecule has 0 bridgehead atoms. The first-order chi connectivity index (χ1) is 9.61. The average molecular weight is 295 g/mol. The minimum Gasteiger partial charge on any atom is -0.323 e. The zero-order chi connectivity index (χ0) is 14.5. The lowest BCUT2D eigenvalue weighted by Gasteiger charge is -2.13. The molecule has 1 amide bonds. The number of hydrogen-bond acceptors (Lipinski definition) is 5. The van der Waals surface area contributed by atoms with Crippen molar-refractivity contribution in [2.75, 3.05) is 5.32 Å². The number of amides is 1. The van der Waals surface area contributed by atoms with Crippen molar-refractivity contribution in [1.29, 1.82) is 0 Å². The summed E-state index contributed by atoms with van der Waals surface area (Å²) >= 11 is 6.07. The maximum atomic E-state index is 11.9. The molecule has 1 heterocycles. The summed E-state index contributed by atoms with van der Waals surface area (Å²) in [6.07, 6.45) is 2.92. The van der Waals surface area contributed by atoms with E-state index in [2.05, 4.69) is 20.8 Å². The highest BCUT2D eigenvalue weighted by Crippen LogP contribution is 2.24. The summed E-state index contributed by atoms with van der Waals surface area (Å²) < 4.78 is 1.47. The molecule has 0 aliphatic rings. The maximum Gasteiger partial charge on any atom is 0.241 e. The van der Waals surface area contributed by atoms with Gasteiger partial charge in [0.15, 0.2) is 0 Å². The third kappa shape index (κ3) is 3.31. The maximum absolute atomic E-state index is 11.9. The third-order valence-electron chi connectivity index (χ3n) is 2.76. The number of rotatable bonds is 5. The van der Waals surface area contributed by atoms with Crippen molar-refractivity contribution in [3.63, 3.8) is 0 Å². The Labute approximate surface area is 121 Å². The van der Waals surface area contributed by atoms with Crippen LogP contribution in [-0.2, 0) is 4.79 Å². The molecule has 8 heteroatoms. The van der Waals surface area contributed by atoms with Crippen LogP contribution in [0.3, 0.4) is 0 Å². The lowest BCUT2D eigenvalue weighted by molar-refractivity contribution is -0.117. The molecule has 1 aromatic carbocycles. The van der Waals surface area contributed by atoms with E-state index in [0.717, 1.165) is 6.42 Å². The van der Waals surface area contributed by atoms with Gasteiger partial charge in [0.05, 0.1) is 22.4 Å². The standard InChI is InChI=1S/C12H15ClN6O/c1-2-3-10(14)12(20)16-11-6-8(4-5-9(11)13)19-7-15-17-18-19/h4-7,10H,2-3,14H2,1H3,(H,16,20)/t10-/m0/s1. The molecule has 0 aliphatic carbocycles. The van der Waals surface area contributed by atoms with E-state index in [1.165, 1.54) is 11.0 Å². The van der Waals surface area contributed by atoms with Gasteiger partial charge < -0.3 is 11.1 Å². The number of halogens is 1. The number of nitrogens with zero attached hydrogens (tertiary/aromatic N) is 4. The first-order valence-corrected chi connectivity index (χ1v) is 6.59. The molecule has 2 rings (SSSR count). The van der Waals surface area contributed by atoms with Crippen LogP contribution >= 0.6 is 11.6 Å². The highest BCUT2D eigenvalue weighted by Gasteiger charge is 2.14. The molecule has 0 radical (unpaired) electrons. The van der Waals surface area contributed by atoms with Gasteiger partial charge in [-0.15, -0.1) is 5.10 Å². The molecule has 106 valence electrons. The number of benzene rings is 1. The van der Waals surface area contributed by atoms with Crippen molar-refractivity contribution in [2.24, 2.45) is 5.73 Å². The quantitative estimate of drug-likeness (QED) is 0.868. The topological polar surface area (TPSA) is 98.7 Å². The van der Waals surface area contributed by atoms with Gasteiger partial charge in [-0.25, -0.2) is 4.68 Å². The van der Waals surface area contributed by atoms with Crippen molar-refractivity contribution < 1.29 is 4.79 Å². The lowest BCUT2D eigenvalue weighted by atomic mass is 10.1. The highest BCUT2D eigenvalue weighted by molar-refractivity contribution is 6.33. The van der Waals surface area contributed by atoms with Crippen LogP contribution in [-0.4, -0.2) is 32.2 Å². The normalized spacial score (nSPS) is 12.2. The first kappa shape index (κ1) is 14.4. The van der Waals surface area contributed by atoms with Gasteiger partial charge in [0.25, 0.3) is 0 Å². The van der Waals surface area contributed by atoms with E-state index in [-0.39, 0.29) is 5.91 Å². The van der Waals surface area contributed by atoms with E-state index in [1.54, 1.807) is 18.2 Å². The van der Waals surface area contributed by atoms with E-state index in [4.69, 9.17) is 17.3 Å². The second kappa shape index (κ2) is 6.44. The van der Waals surface area contributed by atoms with Crippen LogP contribution in [0.2, 0.25) is 5.02 Å². The number of carbonyl (C=O) groups excluding carboxylic acids is 1. The summed E-state index contributed by atoms with van der Waals surface area (Å²) in [6.45, 7) is 1.97. The van der Waals surface area contributed by atoms with Gasteiger partial charge in [-0.05, 0) is 35.0 Å². The summed E-state index contributed by atoms with van der Waals surface area (Å²) in [5, 5.41) is 14.0. The van der Waals surface area contributed by atoms with E-state index in [0.29, 0.717) is 22.8 Å². The Bertz CT molecular complexity index is 586. The lowest BCUT2D eigenvalue weighted by Crippen LogP contribution is -2.35. The number of nitrogens with one attached hydrogen (secondary N) is 1. The van der Waals surface area contributed by atoms with Crippen LogP contribution in [0.1, 0.15) is 19.8 Å². The van der Waals surface area contributed by atoms with Crippen LogP contribution in [0.5, 0.6) is 0 Å². The van der Waals surface area contributed by atoms with Crippen molar-refractivity contribution in [2.45, 2.75) is 25.8 Å². The number of carbonyl (C=O) groups is 1. The summed E-state index contributed by atoms with van der Waals surface area (Å²) in [5.41, 5.74) is 6.94. The second-order valence-electron chi connectivity index (χ2n) is 4.30. The molecular weight excluding hydrogens is 280 g/mol. The number of tetrazole rings is 1. The van der Waals surface area contributed by atoms with Crippen LogP contribution < -0.4 is 11.1 Å². The summed E-state index contributed by atoms with van der Waals surface area (Å²) in [7, 11) is 0. The molecule has 0 aliphatic heterocycles. The van der Waals surface area contributed by atoms with Crippen molar-refractivity contribution in [3.8, 4) is 5.69 Å². The summed E-state index contributed by atoms with van der Waals surface area (Å²) in [5.74, 6) is -0.261. The van der Waals surface area contributed by atoms with Gasteiger partial charge in [-0.3, -0.25) is 4.79 Å². The molecule has 2 aromatic rings. The highest BCUT2D eigenvalue weighted by atomic mass is 35.5. The SMILES string of the molecule is CCC[C@H](N)C(=O)Nc1cc(-n2cnnn2)ccc1Cl. The third-order valence-corrected chi connectivity index (χ3v) is 3.09. The molecule has 20 heavy (non-hydrogen) atoms. The Hall–Kier alpha value is -1.99. The largest absolute Gasteiger partial charge is 0.323 e. The molecule has 0 fully saturated rings. The van der Waals surface area contributed by atoms with Gasteiger partial charge in [0.1, 0.15) is 6.33 Å². The molecule has 0 saturated heterocycles. The Morgan fingerprint density at radius 2 is 2.35 bits per heavy atom. The Balaban J connectivity index is 2.19. The van der Waals surface area contributed by atoms with E-state index in [1.807, 2.05) is 6.92 Å². The van der Waals surface area contributed by atoms with Crippen molar-refractivity contribution in [3.05, 3.63) is 29.5 Å². The molecule has 7 nitrogen and oxygen atoms in total. The zero-order valence-corrected chi connectivity index (χ0v) is 11.7. The Morgan fingerprint density at radius 1 is 1.55 bits per heavy atom. The summed E-state index contributed by atoms with van der Waals surface area (Å²) in [6, 6.07) is 4.56. The second-order valence-corrected chi connectivity index (χ2v) is 4.71. The first-order valence-electron chi connectivity index (χ1n) is 6.21. The Kier molecular flexibility index (Phi) is 4.65. The number of anilines is 1. The minimum absolute atomic E-state index is 0.261. The minimum atomic E-state index is -0.548. The zero-order valence-electron chi connectivity index (χ0n) is 11.0. The fourth-order valence-electron chi connectivity index (χ4n) is 1.70. The van der Waals surface area contributed by atoms with E-state index < -0.39 is 6.04 Å². The number of hydrogen-bond donors (Lipinski definition) is 2. The molecule has 1 atom stereocenters. The van der Waals surface area contributed by atoms with Crippen LogP contribution in [0.4, 0.5) is 5.69 Å². The monoisotopic (exact) mass is 294 g/mol. The van der Waals surface area contributed by atoms with Gasteiger partial charge >= 0.3 is 0 Å². The van der Waals surface area contributed by atoms with Crippen molar-refractivity contribution >= 4 is 23.2 Å².